The second-order valence-electron chi connectivity index (χ2n) is 4.77. The number of amides is 1. The van der Waals surface area contributed by atoms with Gasteiger partial charge in [-0.1, -0.05) is 42.1 Å². The number of nitrogens with two attached hydrogens (primary N) is 1. The Morgan fingerprint density at radius 1 is 1.10 bits per heavy atom. The molecule has 1 aliphatic heterocycles. The molecule has 3 nitrogen and oxygen atoms in total. The lowest BCUT2D eigenvalue weighted by Gasteiger charge is -2.22. The maximum absolute atomic E-state index is 13.7. The zero-order valence-electron chi connectivity index (χ0n) is 10.3. The van der Waals surface area contributed by atoms with Crippen molar-refractivity contribution in [3.8, 4) is 11.1 Å². The van der Waals surface area contributed by atoms with Crippen LogP contribution >= 0.6 is 11.8 Å². The first-order valence-electron chi connectivity index (χ1n) is 6.10. The fourth-order valence-corrected chi connectivity index (χ4v) is 4.10. The topological polar surface area (TPSA) is 55.4 Å². The summed E-state index contributed by atoms with van der Waals surface area (Å²) in [4.78, 5) is 16.3. The van der Waals surface area contributed by atoms with Crippen LogP contribution in [0, 0.1) is 5.82 Å². The van der Waals surface area contributed by atoms with Gasteiger partial charge in [0.1, 0.15) is 5.82 Å². The first kappa shape index (κ1) is 11.7. The SMILES string of the molecule is NC1=NC(=O)C2(S1)c1ccccc1-c1ccc(F)cc12. The molecule has 0 fully saturated rings. The molecule has 1 atom stereocenters. The average molecular weight is 284 g/mol. The number of rotatable bonds is 0. The number of carbonyl (C=O) groups excluding carboxylic acids is 1. The van der Waals surface area contributed by atoms with Crippen molar-refractivity contribution in [1.82, 2.24) is 0 Å². The van der Waals surface area contributed by atoms with Crippen molar-refractivity contribution < 1.29 is 9.18 Å². The van der Waals surface area contributed by atoms with Gasteiger partial charge in [0, 0.05) is 0 Å². The highest BCUT2D eigenvalue weighted by Crippen LogP contribution is 2.57. The number of thioether (sulfide) groups is 1. The molecule has 4 rings (SSSR count). The van der Waals surface area contributed by atoms with Crippen molar-refractivity contribution in [3.63, 3.8) is 0 Å². The van der Waals surface area contributed by atoms with Crippen molar-refractivity contribution in [2.75, 3.05) is 0 Å². The van der Waals surface area contributed by atoms with Gasteiger partial charge in [-0.3, -0.25) is 4.79 Å². The number of fused-ring (bicyclic) bond motifs is 5. The molecule has 0 aromatic heterocycles. The van der Waals surface area contributed by atoms with Gasteiger partial charge in [0.05, 0.1) is 0 Å². The van der Waals surface area contributed by atoms with E-state index in [0.29, 0.717) is 5.56 Å². The Hall–Kier alpha value is -2.14. The summed E-state index contributed by atoms with van der Waals surface area (Å²) < 4.78 is 12.6. The lowest BCUT2D eigenvalue weighted by molar-refractivity contribution is -0.118. The molecule has 0 saturated carbocycles. The molecule has 2 aromatic rings. The number of nitrogens with zero attached hydrogens (tertiary/aromatic N) is 1. The number of hydrogen-bond donors (Lipinski definition) is 1. The smallest absolute Gasteiger partial charge is 0.273 e. The molecule has 0 bridgehead atoms. The first-order chi connectivity index (χ1) is 9.63. The Bertz CT molecular complexity index is 802. The van der Waals surface area contributed by atoms with Crippen molar-refractivity contribution in [2.24, 2.45) is 10.7 Å². The summed E-state index contributed by atoms with van der Waals surface area (Å²) in [7, 11) is 0. The quantitative estimate of drug-likeness (QED) is 0.809. The van der Waals surface area contributed by atoms with Crippen LogP contribution in [0.3, 0.4) is 0 Å². The van der Waals surface area contributed by atoms with E-state index >= 15 is 0 Å². The predicted octanol–water partition coefficient (Wildman–Crippen LogP) is 2.64. The van der Waals surface area contributed by atoms with E-state index in [0.717, 1.165) is 16.7 Å². The summed E-state index contributed by atoms with van der Waals surface area (Å²) in [6.45, 7) is 0. The largest absolute Gasteiger partial charge is 0.378 e. The molecule has 1 aliphatic carbocycles. The molecule has 1 spiro atoms. The van der Waals surface area contributed by atoms with Gasteiger partial charge in [-0.15, -0.1) is 0 Å². The highest BCUT2D eigenvalue weighted by Gasteiger charge is 2.53. The average Bonchev–Trinajstić information content (AvgIpc) is 2.88. The van der Waals surface area contributed by atoms with Gasteiger partial charge < -0.3 is 5.73 Å². The van der Waals surface area contributed by atoms with E-state index in [4.69, 9.17) is 5.73 Å². The van der Waals surface area contributed by atoms with Crippen molar-refractivity contribution in [2.45, 2.75) is 4.75 Å². The van der Waals surface area contributed by atoms with Crippen molar-refractivity contribution in [3.05, 3.63) is 59.4 Å². The van der Waals surface area contributed by atoms with E-state index < -0.39 is 4.75 Å². The molecule has 1 unspecified atom stereocenters. The van der Waals surface area contributed by atoms with Crippen LogP contribution in [0.4, 0.5) is 4.39 Å². The zero-order valence-corrected chi connectivity index (χ0v) is 11.1. The van der Waals surface area contributed by atoms with E-state index in [9.17, 15) is 9.18 Å². The number of benzene rings is 2. The minimum absolute atomic E-state index is 0.224. The minimum Gasteiger partial charge on any atom is -0.378 e. The van der Waals surface area contributed by atoms with E-state index in [1.807, 2.05) is 24.3 Å². The normalized spacial score (nSPS) is 22.9. The van der Waals surface area contributed by atoms with E-state index in [2.05, 4.69) is 4.99 Å². The molecular formula is C15H9FN2OS. The second-order valence-corrected chi connectivity index (χ2v) is 6.01. The van der Waals surface area contributed by atoms with Gasteiger partial charge in [0.2, 0.25) is 0 Å². The molecular weight excluding hydrogens is 275 g/mol. The van der Waals surface area contributed by atoms with Crippen LogP contribution in [-0.2, 0) is 9.54 Å². The molecule has 0 radical (unpaired) electrons. The third-order valence-electron chi connectivity index (χ3n) is 3.73. The van der Waals surface area contributed by atoms with Crippen LogP contribution < -0.4 is 5.73 Å². The zero-order chi connectivity index (χ0) is 13.9. The molecule has 1 heterocycles. The highest BCUT2D eigenvalue weighted by molar-refractivity contribution is 8.15. The molecule has 5 heteroatoms. The number of hydrogen-bond acceptors (Lipinski definition) is 3. The molecule has 2 aromatic carbocycles. The Morgan fingerprint density at radius 3 is 2.60 bits per heavy atom. The lowest BCUT2D eigenvalue weighted by atomic mass is 9.95. The Kier molecular flexibility index (Phi) is 2.16. The standard InChI is InChI=1S/C15H9FN2OS/c16-8-5-6-10-9-3-1-2-4-11(9)15(12(10)7-8)13(19)18-14(17)20-15/h1-7H,(H2,17,18,19). The third-order valence-corrected chi connectivity index (χ3v) is 4.95. The van der Waals surface area contributed by atoms with E-state index in [1.54, 1.807) is 6.07 Å². The molecule has 2 N–H and O–H groups in total. The number of amidine groups is 1. The fraction of sp³-hybridized carbons (Fsp3) is 0.0667. The third kappa shape index (κ3) is 1.25. The summed E-state index contributed by atoms with van der Waals surface area (Å²) in [5, 5.41) is 0.224. The van der Waals surface area contributed by atoms with Crippen LogP contribution in [-0.4, -0.2) is 11.1 Å². The van der Waals surface area contributed by atoms with Gasteiger partial charge >= 0.3 is 0 Å². The fourth-order valence-electron chi connectivity index (χ4n) is 2.96. The van der Waals surface area contributed by atoms with Gasteiger partial charge in [-0.25, -0.2) is 4.39 Å². The first-order valence-corrected chi connectivity index (χ1v) is 6.92. The van der Waals surface area contributed by atoms with E-state index in [1.165, 1.54) is 23.9 Å². The Labute approximate surface area is 118 Å². The van der Waals surface area contributed by atoms with Crippen molar-refractivity contribution >= 4 is 22.8 Å². The molecule has 98 valence electrons. The van der Waals surface area contributed by atoms with Crippen LogP contribution in [0.2, 0.25) is 0 Å². The van der Waals surface area contributed by atoms with Crippen molar-refractivity contribution in [1.29, 1.82) is 0 Å². The maximum atomic E-state index is 13.7. The molecule has 2 aliphatic rings. The van der Waals surface area contributed by atoms with Crippen LogP contribution in [0.25, 0.3) is 11.1 Å². The summed E-state index contributed by atoms with van der Waals surface area (Å²) >= 11 is 1.19. The summed E-state index contributed by atoms with van der Waals surface area (Å²) in [6, 6.07) is 12.1. The summed E-state index contributed by atoms with van der Waals surface area (Å²) in [5.74, 6) is -0.702. The molecule has 0 saturated heterocycles. The van der Waals surface area contributed by atoms with Gasteiger partial charge in [0.15, 0.2) is 9.91 Å². The number of aliphatic imine (C=N–C) groups is 1. The summed E-state index contributed by atoms with van der Waals surface area (Å²) in [5.41, 5.74) is 9.01. The summed E-state index contributed by atoms with van der Waals surface area (Å²) in [6.07, 6.45) is 0. The maximum Gasteiger partial charge on any atom is 0.273 e. The molecule has 1 amide bonds. The van der Waals surface area contributed by atoms with Gasteiger partial charge in [-0.2, -0.15) is 4.99 Å². The lowest BCUT2D eigenvalue weighted by Crippen LogP contribution is -2.27. The molecule has 20 heavy (non-hydrogen) atoms. The predicted molar refractivity (Wildman–Crippen MR) is 76.8 cm³/mol. The van der Waals surface area contributed by atoms with E-state index in [-0.39, 0.29) is 16.9 Å². The highest BCUT2D eigenvalue weighted by atomic mass is 32.2. The van der Waals surface area contributed by atoms with Crippen LogP contribution in [0.15, 0.2) is 47.5 Å². The second kappa shape index (κ2) is 3.70. The Morgan fingerprint density at radius 2 is 1.85 bits per heavy atom. The van der Waals surface area contributed by atoms with Gasteiger partial charge in [0.25, 0.3) is 5.91 Å². The van der Waals surface area contributed by atoms with Crippen LogP contribution in [0.5, 0.6) is 0 Å². The monoisotopic (exact) mass is 284 g/mol. The Balaban J connectivity index is 2.11. The number of halogens is 1. The number of carbonyl (C=O) groups is 1. The minimum atomic E-state index is -1.02. The van der Waals surface area contributed by atoms with Gasteiger partial charge in [-0.05, 0) is 34.4 Å². The van der Waals surface area contributed by atoms with Crippen LogP contribution in [0.1, 0.15) is 11.1 Å².